The Labute approximate surface area is 134 Å². The fraction of sp³-hybridized carbons (Fsp3) is 1.00. The summed E-state index contributed by atoms with van der Waals surface area (Å²) in [6.45, 7) is 4.54. The van der Waals surface area contributed by atoms with E-state index in [4.69, 9.17) is 0 Å². The molecule has 0 saturated carbocycles. The number of aliphatic hydroxyl groups excluding tert-OH is 1. The van der Waals surface area contributed by atoms with Crippen molar-refractivity contribution in [3.8, 4) is 0 Å². The molecule has 0 unspecified atom stereocenters. The average molecular weight is 299 g/mol. The first-order valence-electron chi connectivity index (χ1n) is 9.99. The second-order valence-corrected chi connectivity index (χ2v) is 6.83. The molecule has 0 spiro atoms. The van der Waals surface area contributed by atoms with E-state index in [1.165, 1.54) is 96.3 Å². The van der Waals surface area contributed by atoms with E-state index in [0.29, 0.717) is 0 Å². The van der Waals surface area contributed by atoms with Gasteiger partial charge in [-0.2, -0.15) is 0 Å². The summed E-state index contributed by atoms with van der Waals surface area (Å²) in [6, 6.07) is 0. The minimum Gasteiger partial charge on any atom is -0.393 e. The largest absolute Gasteiger partial charge is 0.393 e. The van der Waals surface area contributed by atoms with Crippen LogP contribution in [0.5, 0.6) is 0 Å². The zero-order chi connectivity index (χ0) is 15.6. The maximum absolute atomic E-state index is 9.96. The van der Waals surface area contributed by atoms with Gasteiger partial charge in [0.15, 0.2) is 0 Å². The lowest BCUT2D eigenvalue weighted by Gasteiger charge is -2.10. The molecule has 0 heterocycles. The summed E-state index contributed by atoms with van der Waals surface area (Å²) in [6.07, 6.45) is 22.3. The topological polar surface area (TPSA) is 20.2 Å². The molecule has 0 rings (SSSR count). The van der Waals surface area contributed by atoms with Crippen molar-refractivity contribution in [3.05, 3.63) is 0 Å². The van der Waals surface area contributed by atoms with E-state index in [2.05, 4.69) is 13.8 Å². The van der Waals surface area contributed by atoms with Crippen LogP contribution in [-0.4, -0.2) is 11.2 Å². The number of unbranched alkanes of at least 4 members (excludes halogenated alkanes) is 13. The molecule has 1 atom stereocenters. The zero-order valence-corrected chi connectivity index (χ0v) is 15.0. The molecule has 1 nitrogen and oxygen atoms in total. The first-order chi connectivity index (χ1) is 10.3. The van der Waals surface area contributed by atoms with Gasteiger partial charge in [0.25, 0.3) is 0 Å². The van der Waals surface area contributed by atoms with E-state index in [0.717, 1.165) is 12.8 Å². The van der Waals surface area contributed by atoms with Crippen molar-refractivity contribution in [2.24, 2.45) is 0 Å². The average Bonchev–Trinajstić information content (AvgIpc) is 2.49. The Kier molecular flexibility index (Phi) is 18.0. The highest BCUT2D eigenvalue weighted by Gasteiger charge is 2.03. The van der Waals surface area contributed by atoms with Gasteiger partial charge in [0.05, 0.1) is 6.10 Å². The molecule has 0 bridgehead atoms. The lowest BCUT2D eigenvalue weighted by Crippen LogP contribution is -2.05. The highest BCUT2D eigenvalue weighted by molar-refractivity contribution is 4.57. The number of aliphatic hydroxyl groups is 1. The van der Waals surface area contributed by atoms with Crippen LogP contribution in [0.4, 0.5) is 0 Å². The quantitative estimate of drug-likeness (QED) is 0.286. The third-order valence-corrected chi connectivity index (χ3v) is 4.53. The zero-order valence-electron chi connectivity index (χ0n) is 15.0. The molecule has 0 aliphatic rings. The minimum absolute atomic E-state index is 0.0271. The van der Waals surface area contributed by atoms with Gasteiger partial charge in [0.2, 0.25) is 0 Å². The van der Waals surface area contributed by atoms with E-state index >= 15 is 0 Å². The van der Waals surface area contributed by atoms with Crippen LogP contribution in [-0.2, 0) is 0 Å². The molecule has 0 fully saturated rings. The Hall–Kier alpha value is -0.0400. The first kappa shape index (κ1) is 21.0. The van der Waals surface area contributed by atoms with Crippen molar-refractivity contribution in [2.45, 2.75) is 129 Å². The Bertz CT molecular complexity index is 179. The fourth-order valence-corrected chi connectivity index (χ4v) is 3.00. The van der Waals surface area contributed by atoms with Crippen molar-refractivity contribution < 1.29 is 5.11 Å². The lowest BCUT2D eigenvalue weighted by molar-refractivity contribution is 0.147. The van der Waals surface area contributed by atoms with Crippen molar-refractivity contribution in [1.29, 1.82) is 0 Å². The Balaban J connectivity index is 3.11. The summed E-state index contributed by atoms with van der Waals surface area (Å²) in [5.41, 5.74) is 0. The predicted molar refractivity (Wildman–Crippen MR) is 95.8 cm³/mol. The molecule has 0 saturated heterocycles. The van der Waals surface area contributed by atoms with Gasteiger partial charge in [-0.05, 0) is 12.8 Å². The van der Waals surface area contributed by atoms with Crippen LogP contribution in [0.15, 0.2) is 0 Å². The number of hydrogen-bond acceptors (Lipinski definition) is 1. The fourth-order valence-electron chi connectivity index (χ4n) is 3.00. The number of rotatable bonds is 17. The van der Waals surface area contributed by atoms with Crippen LogP contribution in [0.25, 0.3) is 0 Å². The summed E-state index contributed by atoms with van der Waals surface area (Å²) in [5.74, 6) is 0. The maximum Gasteiger partial charge on any atom is 0.0540 e. The van der Waals surface area contributed by atoms with Crippen molar-refractivity contribution in [1.82, 2.24) is 0 Å². The molecule has 0 aromatic rings. The van der Waals surface area contributed by atoms with Gasteiger partial charge in [-0.15, -0.1) is 0 Å². The second-order valence-electron chi connectivity index (χ2n) is 6.83. The summed E-state index contributed by atoms with van der Waals surface area (Å²) >= 11 is 0. The van der Waals surface area contributed by atoms with E-state index in [1.54, 1.807) is 0 Å². The summed E-state index contributed by atoms with van der Waals surface area (Å²) in [4.78, 5) is 0. The first-order valence-corrected chi connectivity index (χ1v) is 9.99. The van der Waals surface area contributed by atoms with Crippen LogP contribution in [0.1, 0.15) is 123 Å². The molecule has 21 heavy (non-hydrogen) atoms. The Morgan fingerprint density at radius 1 is 0.476 bits per heavy atom. The van der Waals surface area contributed by atoms with Gasteiger partial charge >= 0.3 is 0 Å². The standard InChI is InChI=1S/C20H42O/c1-3-5-7-9-11-13-15-17-19-20(21)18-16-14-12-10-8-6-4-2/h20-21H,3-19H2,1-2H3/t20-/m1/s1. The predicted octanol–water partition coefficient (Wildman–Crippen LogP) is 7.02. The van der Waals surface area contributed by atoms with Crippen LogP contribution < -0.4 is 0 Å². The van der Waals surface area contributed by atoms with Gasteiger partial charge in [0.1, 0.15) is 0 Å². The smallest absolute Gasteiger partial charge is 0.0540 e. The summed E-state index contributed by atoms with van der Waals surface area (Å²) in [5, 5.41) is 9.96. The lowest BCUT2D eigenvalue weighted by atomic mass is 10.0. The molecule has 0 radical (unpaired) electrons. The molecule has 0 aromatic carbocycles. The molecule has 1 N–H and O–H groups in total. The molecule has 1 heteroatoms. The van der Waals surface area contributed by atoms with E-state index < -0.39 is 0 Å². The van der Waals surface area contributed by atoms with Crippen molar-refractivity contribution >= 4 is 0 Å². The van der Waals surface area contributed by atoms with Gasteiger partial charge in [-0.25, -0.2) is 0 Å². The Morgan fingerprint density at radius 2 is 0.762 bits per heavy atom. The second kappa shape index (κ2) is 18.0. The van der Waals surface area contributed by atoms with Crippen LogP contribution >= 0.6 is 0 Å². The van der Waals surface area contributed by atoms with E-state index in [1.807, 2.05) is 0 Å². The highest BCUT2D eigenvalue weighted by atomic mass is 16.3. The number of hydrogen-bond donors (Lipinski definition) is 1. The van der Waals surface area contributed by atoms with Crippen LogP contribution in [0.3, 0.4) is 0 Å². The third-order valence-electron chi connectivity index (χ3n) is 4.53. The van der Waals surface area contributed by atoms with E-state index in [9.17, 15) is 5.11 Å². The van der Waals surface area contributed by atoms with Gasteiger partial charge < -0.3 is 5.11 Å². The van der Waals surface area contributed by atoms with E-state index in [-0.39, 0.29) is 6.10 Å². The molecular formula is C20H42O. The van der Waals surface area contributed by atoms with Gasteiger partial charge in [0, 0.05) is 0 Å². The summed E-state index contributed by atoms with van der Waals surface area (Å²) in [7, 11) is 0. The Morgan fingerprint density at radius 3 is 1.10 bits per heavy atom. The maximum atomic E-state index is 9.96. The minimum atomic E-state index is -0.0271. The van der Waals surface area contributed by atoms with Gasteiger partial charge in [-0.3, -0.25) is 0 Å². The van der Waals surface area contributed by atoms with Crippen LogP contribution in [0, 0.1) is 0 Å². The van der Waals surface area contributed by atoms with Crippen molar-refractivity contribution in [3.63, 3.8) is 0 Å². The summed E-state index contributed by atoms with van der Waals surface area (Å²) < 4.78 is 0. The molecule has 0 aromatic heterocycles. The van der Waals surface area contributed by atoms with Crippen LogP contribution in [0.2, 0.25) is 0 Å². The molecular weight excluding hydrogens is 256 g/mol. The molecule has 0 aliphatic heterocycles. The highest BCUT2D eigenvalue weighted by Crippen LogP contribution is 2.14. The monoisotopic (exact) mass is 298 g/mol. The normalized spacial score (nSPS) is 12.7. The van der Waals surface area contributed by atoms with Gasteiger partial charge in [-0.1, -0.05) is 110 Å². The molecule has 128 valence electrons. The van der Waals surface area contributed by atoms with Crippen molar-refractivity contribution in [2.75, 3.05) is 0 Å². The third kappa shape index (κ3) is 17.9. The molecule has 0 aliphatic carbocycles. The SMILES string of the molecule is CCCCCCCCCC[C@H](O)CCCCCCCCC. The molecule has 0 amide bonds.